The molecule has 0 spiro atoms. The molecular weight excluding hydrogens is 376 g/mol. The summed E-state index contributed by atoms with van der Waals surface area (Å²) in [4.78, 5) is 24.9. The van der Waals surface area contributed by atoms with Crippen LogP contribution in [0.4, 0.5) is 0 Å². The Morgan fingerprint density at radius 3 is 2.00 bits per heavy atom. The molecule has 0 aromatic heterocycles. The molecule has 154 valence electrons. The Labute approximate surface area is 169 Å². The van der Waals surface area contributed by atoms with Gasteiger partial charge < -0.3 is 23.7 Å². The number of benzene rings is 2. The Balaban J connectivity index is 1.76. The van der Waals surface area contributed by atoms with Gasteiger partial charge in [-0.15, -0.1) is 0 Å². The fourth-order valence-corrected chi connectivity index (χ4v) is 3.26. The lowest BCUT2D eigenvalue weighted by molar-refractivity contribution is -0.197. The highest BCUT2D eigenvalue weighted by atomic mass is 16.7. The van der Waals surface area contributed by atoms with Gasteiger partial charge in [-0.25, -0.2) is 9.59 Å². The zero-order valence-corrected chi connectivity index (χ0v) is 16.6. The van der Waals surface area contributed by atoms with Crippen molar-refractivity contribution in [3.05, 3.63) is 71.8 Å². The minimum absolute atomic E-state index is 0.126. The molecule has 1 aliphatic rings. The second kappa shape index (κ2) is 9.17. The first-order chi connectivity index (χ1) is 14.0. The van der Waals surface area contributed by atoms with Crippen LogP contribution in [0.2, 0.25) is 0 Å². The van der Waals surface area contributed by atoms with Crippen LogP contribution in [0.15, 0.2) is 60.7 Å². The first-order valence-corrected chi connectivity index (χ1v) is 9.21. The molecule has 1 saturated heterocycles. The largest absolute Gasteiger partial charge is 0.459 e. The molecule has 2 aromatic rings. The predicted molar refractivity (Wildman–Crippen MR) is 103 cm³/mol. The lowest BCUT2D eigenvalue weighted by atomic mass is 9.97. The monoisotopic (exact) mass is 400 g/mol. The molecule has 0 aliphatic carbocycles. The highest BCUT2D eigenvalue weighted by molar-refractivity contribution is 5.90. The van der Waals surface area contributed by atoms with E-state index in [9.17, 15) is 9.59 Å². The summed E-state index contributed by atoms with van der Waals surface area (Å²) in [7, 11) is 2.95. The molecule has 2 aromatic carbocycles. The van der Waals surface area contributed by atoms with Crippen molar-refractivity contribution in [1.29, 1.82) is 0 Å². The molecule has 0 saturated carbocycles. The highest BCUT2D eigenvalue weighted by Gasteiger charge is 2.57. The molecule has 3 rings (SSSR count). The topological polar surface area (TPSA) is 80.3 Å². The van der Waals surface area contributed by atoms with E-state index >= 15 is 0 Å². The van der Waals surface area contributed by atoms with E-state index in [0.717, 1.165) is 0 Å². The number of rotatable bonds is 7. The summed E-state index contributed by atoms with van der Waals surface area (Å²) in [6.07, 6.45) is -2.42. The van der Waals surface area contributed by atoms with Crippen molar-refractivity contribution in [2.45, 2.75) is 31.0 Å². The molecule has 7 heteroatoms. The smallest absolute Gasteiger partial charge is 0.338 e. The van der Waals surface area contributed by atoms with Gasteiger partial charge in [0.15, 0.2) is 18.0 Å². The van der Waals surface area contributed by atoms with Crippen LogP contribution >= 0.6 is 0 Å². The number of carbonyl (C=O) groups is 2. The van der Waals surface area contributed by atoms with Crippen LogP contribution in [0.3, 0.4) is 0 Å². The quantitative estimate of drug-likeness (QED) is 0.661. The zero-order chi connectivity index (χ0) is 20.9. The molecule has 7 nitrogen and oxygen atoms in total. The molecule has 0 radical (unpaired) electrons. The highest BCUT2D eigenvalue weighted by Crippen LogP contribution is 2.37. The predicted octanol–water partition coefficient (Wildman–Crippen LogP) is 2.85. The molecule has 4 atom stereocenters. The normalized spacial score (nSPS) is 26.1. The van der Waals surface area contributed by atoms with E-state index in [1.165, 1.54) is 14.2 Å². The molecule has 0 N–H and O–H groups in total. The second-order valence-corrected chi connectivity index (χ2v) is 6.79. The van der Waals surface area contributed by atoms with Gasteiger partial charge in [-0.05, 0) is 31.2 Å². The third kappa shape index (κ3) is 4.48. The van der Waals surface area contributed by atoms with Gasteiger partial charge in [0.25, 0.3) is 0 Å². The number of hydrogen-bond acceptors (Lipinski definition) is 7. The van der Waals surface area contributed by atoms with Crippen LogP contribution in [0, 0.1) is 0 Å². The van der Waals surface area contributed by atoms with E-state index in [1.54, 1.807) is 55.5 Å². The van der Waals surface area contributed by atoms with Crippen LogP contribution in [0.25, 0.3) is 0 Å². The Morgan fingerprint density at radius 1 is 0.931 bits per heavy atom. The first-order valence-electron chi connectivity index (χ1n) is 9.21. The summed E-state index contributed by atoms with van der Waals surface area (Å²) in [5.74, 6) is -1.03. The SMILES string of the molecule is COC1OC(COC(=O)c2ccccc2)C(OC(=O)c2ccccc2)C1(C)OC. The molecule has 0 amide bonds. The zero-order valence-electron chi connectivity index (χ0n) is 16.6. The number of hydrogen-bond donors (Lipinski definition) is 0. The maximum atomic E-state index is 12.6. The molecule has 1 fully saturated rings. The molecule has 1 heterocycles. The van der Waals surface area contributed by atoms with Crippen LogP contribution in [0.5, 0.6) is 0 Å². The van der Waals surface area contributed by atoms with Crippen LogP contribution in [0.1, 0.15) is 27.6 Å². The summed E-state index contributed by atoms with van der Waals surface area (Å²) in [5, 5.41) is 0. The Hall–Kier alpha value is -2.74. The van der Waals surface area contributed by atoms with E-state index in [0.29, 0.717) is 11.1 Å². The summed E-state index contributed by atoms with van der Waals surface area (Å²) in [6.45, 7) is 1.60. The Morgan fingerprint density at radius 2 is 1.48 bits per heavy atom. The van der Waals surface area contributed by atoms with Gasteiger partial charge in [-0.2, -0.15) is 0 Å². The van der Waals surface area contributed by atoms with Crippen molar-refractivity contribution < 1.29 is 33.3 Å². The Kier molecular flexibility index (Phi) is 6.64. The van der Waals surface area contributed by atoms with Gasteiger partial charge in [-0.1, -0.05) is 36.4 Å². The van der Waals surface area contributed by atoms with Gasteiger partial charge in [0.1, 0.15) is 12.7 Å². The number of methoxy groups -OCH3 is 2. The summed E-state index contributed by atoms with van der Waals surface area (Å²) in [6, 6.07) is 17.2. The summed E-state index contributed by atoms with van der Waals surface area (Å²) < 4.78 is 28.0. The number of esters is 2. The number of ether oxygens (including phenoxy) is 5. The van der Waals surface area contributed by atoms with Gasteiger partial charge in [0.2, 0.25) is 0 Å². The van der Waals surface area contributed by atoms with Crippen molar-refractivity contribution in [1.82, 2.24) is 0 Å². The number of carbonyl (C=O) groups excluding carboxylic acids is 2. The first kappa shape index (κ1) is 21.0. The summed E-state index contributed by atoms with van der Waals surface area (Å²) in [5.41, 5.74) is -0.267. The Bertz CT molecular complexity index is 824. The maximum absolute atomic E-state index is 12.6. The lowest BCUT2D eigenvalue weighted by Crippen LogP contribution is -2.50. The standard InChI is InChI=1S/C22H24O7/c1-22(26-3)18(29-20(24)16-12-8-5-9-13-16)17(28-21(22)25-2)14-27-19(23)15-10-6-4-7-11-15/h4-13,17-18,21H,14H2,1-3H3. The van der Waals surface area contributed by atoms with E-state index in [2.05, 4.69) is 0 Å². The van der Waals surface area contributed by atoms with Crippen molar-refractivity contribution in [2.24, 2.45) is 0 Å². The third-order valence-corrected chi connectivity index (χ3v) is 4.95. The maximum Gasteiger partial charge on any atom is 0.338 e. The fraction of sp³-hybridized carbons (Fsp3) is 0.364. The van der Waals surface area contributed by atoms with Crippen molar-refractivity contribution in [3.8, 4) is 0 Å². The molecular formula is C22H24O7. The third-order valence-electron chi connectivity index (χ3n) is 4.95. The minimum atomic E-state index is -1.08. The summed E-state index contributed by atoms with van der Waals surface area (Å²) >= 11 is 0. The second-order valence-electron chi connectivity index (χ2n) is 6.79. The van der Waals surface area contributed by atoms with Gasteiger partial charge in [0.05, 0.1) is 11.1 Å². The molecule has 29 heavy (non-hydrogen) atoms. The van der Waals surface area contributed by atoms with Gasteiger partial charge in [0, 0.05) is 14.2 Å². The van der Waals surface area contributed by atoms with Crippen LogP contribution < -0.4 is 0 Å². The van der Waals surface area contributed by atoms with Crippen LogP contribution in [-0.2, 0) is 23.7 Å². The van der Waals surface area contributed by atoms with Gasteiger partial charge in [-0.3, -0.25) is 0 Å². The molecule has 0 bridgehead atoms. The lowest BCUT2D eigenvalue weighted by Gasteiger charge is -2.32. The average Bonchev–Trinajstić information content (AvgIpc) is 3.04. The average molecular weight is 400 g/mol. The van der Waals surface area contributed by atoms with E-state index in [1.807, 2.05) is 12.1 Å². The molecule has 4 unspecified atom stereocenters. The molecule has 1 aliphatic heterocycles. The minimum Gasteiger partial charge on any atom is -0.459 e. The van der Waals surface area contributed by atoms with Crippen molar-refractivity contribution in [2.75, 3.05) is 20.8 Å². The van der Waals surface area contributed by atoms with Crippen molar-refractivity contribution in [3.63, 3.8) is 0 Å². The van der Waals surface area contributed by atoms with E-state index in [4.69, 9.17) is 23.7 Å². The fourth-order valence-electron chi connectivity index (χ4n) is 3.26. The van der Waals surface area contributed by atoms with Crippen molar-refractivity contribution >= 4 is 11.9 Å². The van der Waals surface area contributed by atoms with Crippen LogP contribution in [-0.4, -0.2) is 56.9 Å². The van der Waals surface area contributed by atoms with Gasteiger partial charge >= 0.3 is 11.9 Å². The van der Waals surface area contributed by atoms with E-state index < -0.39 is 36.0 Å². The van der Waals surface area contributed by atoms with E-state index in [-0.39, 0.29) is 6.61 Å².